The lowest BCUT2D eigenvalue weighted by molar-refractivity contribution is -0.870. The molecular formula is C44H80NO10P. The zero-order valence-electron chi connectivity index (χ0n) is 35.6. The highest BCUT2D eigenvalue weighted by atomic mass is 31.2. The number of rotatable bonds is 38. The molecule has 1 unspecified atom stereocenters. The van der Waals surface area contributed by atoms with Crippen LogP contribution in [0.1, 0.15) is 142 Å². The van der Waals surface area contributed by atoms with Crippen LogP contribution in [0.3, 0.4) is 0 Å². The van der Waals surface area contributed by atoms with Crippen molar-refractivity contribution in [3.63, 3.8) is 0 Å². The molecule has 0 saturated carbocycles. The predicted octanol–water partition coefficient (Wildman–Crippen LogP) is 8.79. The van der Waals surface area contributed by atoms with E-state index >= 15 is 0 Å². The molecule has 12 heteroatoms. The molecule has 0 aromatic rings. The molecule has 5 atom stereocenters. The van der Waals surface area contributed by atoms with E-state index in [9.17, 15) is 29.6 Å². The van der Waals surface area contributed by atoms with Gasteiger partial charge in [-0.3, -0.25) is 9.36 Å². The molecule has 3 N–H and O–H groups in total. The molecule has 0 spiro atoms. The van der Waals surface area contributed by atoms with Crippen molar-refractivity contribution in [2.45, 2.75) is 167 Å². The Labute approximate surface area is 340 Å². The van der Waals surface area contributed by atoms with Crippen LogP contribution < -0.4 is 4.89 Å². The molecule has 0 radical (unpaired) electrons. The van der Waals surface area contributed by atoms with Crippen molar-refractivity contribution in [2.75, 3.05) is 47.5 Å². The van der Waals surface area contributed by atoms with Crippen LogP contribution in [0.15, 0.2) is 60.9 Å². The number of carbonyl (C=O) groups is 1. The number of aliphatic hydroxyl groups is 3. The lowest BCUT2D eigenvalue weighted by Gasteiger charge is -2.28. The summed E-state index contributed by atoms with van der Waals surface area (Å²) < 4.78 is 34.0. The van der Waals surface area contributed by atoms with Gasteiger partial charge in [0, 0.05) is 6.42 Å². The number of unbranched alkanes of at least 4 members (excludes halogenated alkanes) is 14. The lowest BCUT2D eigenvalue weighted by Crippen LogP contribution is -2.37. The molecule has 0 aliphatic heterocycles. The maximum atomic E-state index is 12.7. The number of ether oxygens (including phenoxy) is 2. The molecule has 0 bridgehead atoms. The first-order chi connectivity index (χ1) is 26.8. The maximum Gasteiger partial charge on any atom is 0.306 e. The summed E-state index contributed by atoms with van der Waals surface area (Å²) in [5.74, 6) is -0.608. The number of aliphatic hydroxyl groups excluding tert-OH is 3. The molecule has 11 nitrogen and oxygen atoms in total. The molecule has 0 aromatic heterocycles. The normalized spacial score (nSPS) is 16.0. The van der Waals surface area contributed by atoms with E-state index in [0.717, 1.165) is 44.9 Å². The van der Waals surface area contributed by atoms with Gasteiger partial charge in [-0.1, -0.05) is 152 Å². The van der Waals surface area contributed by atoms with Gasteiger partial charge in [-0.05, 0) is 38.2 Å². The molecule has 326 valence electrons. The summed E-state index contributed by atoms with van der Waals surface area (Å²) in [4.78, 5) is 25.0. The molecule has 0 aliphatic rings. The van der Waals surface area contributed by atoms with E-state index in [1.807, 2.05) is 27.2 Å². The summed E-state index contributed by atoms with van der Waals surface area (Å²) >= 11 is 0. The Hall–Kier alpha value is -2.08. The Morgan fingerprint density at radius 1 is 0.696 bits per heavy atom. The first kappa shape index (κ1) is 53.9. The van der Waals surface area contributed by atoms with E-state index in [2.05, 4.69) is 13.8 Å². The molecule has 0 amide bonds. The number of allylic oxidation sites excluding steroid dienone is 7. The Bertz CT molecular complexity index is 1130. The Kier molecular flexibility index (Phi) is 34.7. The van der Waals surface area contributed by atoms with Gasteiger partial charge in [0.15, 0.2) is 6.10 Å². The average molecular weight is 814 g/mol. The topological polar surface area (TPSA) is 155 Å². The van der Waals surface area contributed by atoms with Crippen LogP contribution >= 0.6 is 7.82 Å². The summed E-state index contributed by atoms with van der Waals surface area (Å²) in [6.45, 7) is 4.21. The number of esters is 1. The fourth-order valence-electron chi connectivity index (χ4n) is 5.48. The number of hydrogen-bond acceptors (Lipinski definition) is 10. The zero-order valence-corrected chi connectivity index (χ0v) is 36.5. The van der Waals surface area contributed by atoms with Gasteiger partial charge < -0.3 is 43.2 Å². The highest BCUT2D eigenvalue weighted by molar-refractivity contribution is 7.45. The third-order valence-electron chi connectivity index (χ3n) is 9.00. The Balaban J connectivity index is 4.68. The van der Waals surface area contributed by atoms with Gasteiger partial charge >= 0.3 is 5.97 Å². The van der Waals surface area contributed by atoms with Crippen LogP contribution in [-0.4, -0.2) is 97.7 Å². The summed E-state index contributed by atoms with van der Waals surface area (Å²) in [7, 11) is 1.10. The zero-order chi connectivity index (χ0) is 41.8. The van der Waals surface area contributed by atoms with Crippen LogP contribution in [0.2, 0.25) is 0 Å². The SMILES string of the molecule is CCCCCCCCCCCCCC/C=C/OC[C@H](COP(=O)([O-])OCC[N+](C)(C)C)OC(=O)CCC[C@H](O)[C@@H](O)/C=C/C=C/C=C\C=C\[C@@H](O)CCCCC. The molecule has 0 aliphatic carbocycles. The summed E-state index contributed by atoms with van der Waals surface area (Å²) in [6, 6.07) is 0. The molecule has 0 fully saturated rings. The maximum absolute atomic E-state index is 12.7. The van der Waals surface area contributed by atoms with E-state index in [4.69, 9.17) is 18.5 Å². The van der Waals surface area contributed by atoms with Gasteiger partial charge in [0.25, 0.3) is 7.82 Å². The molecule has 0 aromatic carbocycles. The van der Waals surface area contributed by atoms with Crippen molar-refractivity contribution >= 4 is 13.8 Å². The van der Waals surface area contributed by atoms with Gasteiger partial charge in [-0.2, -0.15) is 0 Å². The van der Waals surface area contributed by atoms with Gasteiger partial charge in [-0.15, -0.1) is 0 Å². The summed E-state index contributed by atoms with van der Waals surface area (Å²) in [5, 5.41) is 30.5. The third-order valence-corrected chi connectivity index (χ3v) is 9.97. The summed E-state index contributed by atoms with van der Waals surface area (Å²) in [6.07, 6.45) is 34.0. The minimum atomic E-state index is -4.64. The van der Waals surface area contributed by atoms with Gasteiger partial charge in [0.2, 0.25) is 0 Å². The monoisotopic (exact) mass is 814 g/mol. The minimum Gasteiger partial charge on any atom is -0.756 e. The van der Waals surface area contributed by atoms with E-state index in [-0.39, 0.29) is 32.5 Å². The number of likely N-dealkylation sites (N-methyl/N-ethyl adjacent to an activating group) is 1. The molecule has 0 saturated heterocycles. The van der Waals surface area contributed by atoms with Crippen LogP contribution in [0.4, 0.5) is 0 Å². The van der Waals surface area contributed by atoms with Crippen LogP contribution in [0, 0.1) is 0 Å². The van der Waals surface area contributed by atoms with Crippen molar-refractivity contribution in [1.29, 1.82) is 0 Å². The number of phosphoric ester groups is 1. The number of phosphoric acid groups is 1. The molecular weight excluding hydrogens is 733 g/mol. The fraction of sp³-hybridized carbons (Fsp3) is 0.750. The molecule has 0 heterocycles. The number of quaternary nitrogens is 1. The van der Waals surface area contributed by atoms with E-state index in [0.29, 0.717) is 11.0 Å². The third kappa shape index (κ3) is 37.5. The second kappa shape index (κ2) is 36.0. The highest BCUT2D eigenvalue weighted by Gasteiger charge is 2.21. The quantitative estimate of drug-likeness (QED) is 0.0138. The number of hydrogen-bond donors (Lipinski definition) is 3. The standard InChI is InChI=1S/C44H80NO10P/c1-6-8-10-11-12-13-14-15-16-17-18-21-24-28-36-52-38-41(39-54-56(50,51)53-37-35-45(3,4)5)55-44(49)34-29-33-43(48)42(47)32-27-23-20-19-22-26-31-40(46)30-25-9-7-2/h19-20,22-23,26-28,31-32,36,40-43,46-48H,6-18,21,24-25,29-30,33-35,37-39H2,1-5H3/b22-19-,23-20+,31-26+,32-27+,36-28+/t40-,41+,42-,43-/m0/s1. The van der Waals surface area contributed by atoms with Gasteiger partial charge in [0.05, 0.1) is 52.3 Å². The number of nitrogens with zero attached hydrogens (tertiary/aromatic N) is 1. The number of carbonyl (C=O) groups excluding carboxylic acids is 1. The first-order valence-corrected chi connectivity index (χ1v) is 22.8. The fourth-order valence-corrected chi connectivity index (χ4v) is 6.21. The van der Waals surface area contributed by atoms with Crippen molar-refractivity contribution in [2.24, 2.45) is 0 Å². The summed E-state index contributed by atoms with van der Waals surface area (Å²) in [5.41, 5.74) is 0. The smallest absolute Gasteiger partial charge is 0.306 e. The van der Waals surface area contributed by atoms with Crippen molar-refractivity contribution in [3.05, 3.63) is 60.9 Å². The Morgan fingerprint density at radius 2 is 1.25 bits per heavy atom. The largest absolute Gasteiger partial charge is 0.756 e. The Morgan fingerprint density at radius 3 is 1.86 bits per heavy atom. The molecule has 0 rings (SSSR count). The highest BCUT2D eigenvalue weighted by Crippen LogP contribution is 2.38. The molecule has 56 heavy (non-hydrogen) atoms. The van der Waals surface area contributed by atoms with E-state index < -0.39 is 44.8 Å². The first-order valence-electron chi connectivity index (χ1n) is 21.4. The van der Waals surface area contributed by atoms with E-state index in [1.54, 1.807) is 48.8 Å². The van der Waals surface area contributed by atoms with Crippen LogP contribution in [0.5, 0.6) is 0 Å². The second-order valence-electron chi connectivity index (χ2n) is 15.6. The second-order valence-corrected chi connectivity index (χ2v) is 17.0. The van der Waals surface area contributed by atoms with Crippen LogP contribution in [0.25, 0.3) is 0 Å². The lowest BCUT2D eigenvalue weighted by atomic mass is 10.0. The van der Waals surface area contributed by atoms with Crippen molar-refractivity contribution in [1.82, 2.24) is 0 Å². The van der Waals surface area contributed by atoms with E-state index in [1.165, 1.54) is 70.3 Å². The van der Waals surface area contributed by atoms with Gasteiger partial charge in [0.1, 0.15) is 19.8 Å². The predicted molar refractivity (Wildman–Crippen MR) is 226 cm³/mol. The van der Waals surface area contributed by atoms with Crippen molar-refractivity contribution in [3.8, 4) is 0 Å². The average Bonchev–Trinajstić information content (AvgIpc) is 3.13. The van der Waals surface area contributed by atoms with Crippen molar-refractivity contribution < 1.29 is 52.6 Å². The minimum absolute atomic E-state index is 0.0491. The van der Waals surface area contributed by atoms with Crippen LogP contribution in [-0.2, 0) is 27.9 Å². The van der Waals surface area contributed by atoms with Gasteiger partial charge in [-0.25, -0.2) is 0 Å².